The molecule has 2 N–H and O–H groups in total. The third-order valence-corrected chi connectivity index (χ3v) is 1.15. The van der Waals surface area contributed by atoms with E-state index >= 15 is 0 Å². The highest BCUT2D eigenvalue weighted by Crippen LogP contribution is 1.86. The lowest BCUT2D eigenvalue weighted by molar-refractivity contribution is -0.221. The summed E-state index contributed by atoms with van der Waals surface area (Å²) in [7, 11) is -1.19. The van der Waals surface area contributed by atoms with Crippen molar-refractivity contribution in [3.63, 3.8) is 0 Å². The molecule has 1 aromatic rings. The Bertz CT molecular complexity index is 203. The summed E-state index contributed by atoms with van der Waals surface area (Å²) < 4.78 is 0. The van der Waals surface area contributed by atoms with Gasteiger partial charge in [-0.05, 0) is 6.07 Å². The van der Waals surface area contributed by atoms with Crippen molar-refractivity contribution >= 4 is 12.6 Å². The molecule has 6 heteroatoms. The van der Waals surface area contributed by atoms with Crippen molar-refractivity contribution in [3.05, 3.63) is 24.5 Å². The van der Waals surface area contributed by atoms with Gasteiger partial charge in [0.1, 0.15) is 0 Å². The SMILES string of the molecule is OOB(OO)c1cccnc1. The fraction of sp³-hybridized carbons (Fsp3) is 0. The fourth-order valence-corrected chi connectivity index (χ4v) is 0.656. The largest absolute Gasteiger partial charge is 0.555 e. The number of aromatic nitrogens is 1. The van der Waals surface area contributed by atoms with Crippen molar-refractivity contribution < 1.29 is 20.1 Å². The van der Waals surface area contributed by atoms with Gasteiger partial charge in [0.05, 0.1) is 0 Å². The summed E-state index contributed by atoms with van der Waals surface area (Å²) in [6.07, 6.45) is 2.95. The summed E-state index contributed by atoms with van der Waals surface area (Å²) >= 11 is 0. The lowest BCUT2D eigenvalue weighted by Gasteiger charge is -2.02. The van der Waals surface area contributed by atoms with Gasteiger partial charge in [-0.3, -0.25) is 25.1 Å². The average molecular weight is 155 g/mol. The van der Waals surface area contributed by atoms with Crippen LogP contribution in [-0.4, -0.2) is 22.6 Å². The minimum atomic E-state index is -1.19. The first-order chi connectivity index (χ1) is 5.38. The molecule has 58 valence electrons. The molecule has 0 bridgehead atoms. The molecule has 11 heavy (non-hydrogen) atoms. The van der Waals surface area contributed by atoms with E-state index in [0.717, 1.165) is 0 Å². The Morgan fingerprint density at radius 1 is 1.36 bits per heavy atom. The van der Waals surface area contributed by atoms with Gasteiger partial charge in [-0.25, -0.2) is 0 Å². The molecule has 0 amide bonds. The average Bonchev–Trinajstić information content (AvgIpc) is 2.09. The zero-order valence-electron chi connectivity index (χ0n) is 5.54. The van der Waals surface area contributed by atoms with E-state index in [1.807, 2.05) is 0 Å². The maximum atomic E-state index is 8.17. The third-order valence-electron chi connectivity index (χ3n) is 1.15. The van der Waals surface area contributed by atoms with Crippen LogP contribution >= 0.6 is 0 Å². The van der Waals surface area contributed by atoms with Crippen LogP contribution in [0.2, 0.25) is 0 Å². The highest BCUT2D eigenvalue weighted by atomic mass is 17.2. The molecule has 0 aromatic carbocycles. The fourth-order valence-electron chi connectivity index (χ4n) is 0.656. The molecule has 0 aliphatic rings. The third kappa shape index (κ3) is 1.99. The highest BCUT2D eigenvalue weighted by Gasteiger charge is 2.21. The predicted molar refractivity (Wildman–Crippen MR) is 37.1 cm³/mol. The molecule has 0 fully saturated rings. The monoisotopic (exact) mass is 155 g/mol. The maximum Gasteiger partial charge on any atom is 0.555 e. The number of hydrogen-bond donors (Lipinski definition) is 2. The second-order valence-corrected chi connectivity index (χ2v) is 1.83. The Morgan fingerprint density at radius 3 is 2.55 bits per heavy atom. The first kappa shape index (κ1) is 8.15. The minimum absolute atomic E-state index is 0.428. The van der Waals surface area contributed by atoms with Gasteiger partial charge in [0.25, 0.3) is 0 Å². The molecule has 0 unspecified atom stereocenters. The zero-order valence-corrected chi connectivity index (χ0v) is 5.54. The number of pyridine rings is 1. The van der Waals surface area contributed by atoms with Crippen molar-refractivity contribution in [2.24, 2.45) is 0 Å². The quantitative estimate of drug-likeness (QED) is 0.357. The molecule has 0 spiro atoms. The van der Waals surface area contributed by atoms with Gasteiger partial charge in [0.15, 0.2) is 0 Å². The van der Waals surface area contributed by atoms with Crippen LogP contribution in [0.25, 0.3) is 0 Å². The lowest BCUT2D eigenvalue weighted by Crippen LogP contribution is -2.35. The Hall–Kier alpha value is -0.945. The number of rotatable bonds is 3. The van der Waals surface area contributed by atoms with Gasteiger partial charge in [-0.2, -0.15) is 0 Å². The summed E-state index contributed by atoms with van der Waals surface area (Å²) in [4.78, 5) is 11.3. The normalized spacial score (nSPS) is 9.64. The van der Waals surface area contributed by atoms with E-state index in [1.165, 1.54) is 6.20 Å². The molecule has 0 aliphatic carbocycles. The lowest BCUT2D eigenvalue weighted by atomic mass is 9.81. The molecule has 5 nitrogen and oxygen atoms in total. The van der Waals surface area contributed by atoms with Gasteiger partial charge in [-0.1, -0.05) is 6.07 Å². The topological polar surface area (TPSA) is 71.8 Å². The van der Waals surface area contributed by atoms with E-state index in [0.29, 0.717) is 5.46 Å². The van der Waals surface area contributed by atoms with Gasteiger partial charge < -0.3 is 0 Å². The van der Waals surface area contributed by atoms with Crippen molar-refractivity contribution in [2.75, 3.05) is 0 Å². The van der Waals surface area contributed by atoms with Gasteiger partial charge >= 0.3 is 7.12 Å². The van der Waals surface area contributed by atoms with Crippen LogP contribution < -0.4 is 5.46 Å². The van der Waals surface area contributed by atoms with Crippen molar-refractivity contribution in [3.8, 4) is 0 Å². The molecule has 1 aromatic heterocycles. The second-order valence-electron chi connectivity index (χ2n) is 1.83. The van der Waals surface area contributed by atoms with Gasteiger partial charge in [0, 0.05) is 17.9 Å². The van der Waals surface area contributed by atoms with Crippen LogP contribution in [0.3, 0.4) is 0 Å². The molecule has 0 atom stereocenters. The summed E-state index contributed by atoms with van der Waals surface area (Å²) in [6.45, 7) is 0. The van der Waals surface area contributed by atoms with Gasteiger partial charge in [-0.15, -0.1) is 0 Å². The summed E-state index contributed by atoms with van der Waals surface area (Å²) in [5, 5.41) is 16.3. The van der Waals surface area contributed by atoms with E-state index < -0.39 is 7.12 Å². The van der Waals surface area contributed by atoms with Gasteiger partial charge in [0.2, 0.25) is 0 Å². The minimum Gasteiger partial charge on any atom is -0.265 e. The van der Waals surface area contributed by atoms with Crippen LogP contribution in [0.4, 0.5) is 0 Å². The van der Waals surface area contributed by atoms with E-state index in [-0.39, 0.29) is 0 Å². The van der Waals surface area contributed by atoms with Crippen LogP contribution in [0.5, 0.6) is 0 Å². The second kappa shape index (κ2) is 4.04. The Balaban J connectivity index is 2.74. The Kier molecular flexibility index (Phi) is 3.00. The van der Waals surface area contributed by atoms with E-state index in [4.69, 9.17) is 10.5 Å². The van der Waals surface area contributed by atoms with Crippen LogP contribution in [0, 0.1) is 0 Å². The summed E-state index contributed by atoms with van der Waals surface area (Å²) in [6, 6.07) is 3.21. The van der Waals surface area contributed by atoms with Crippen LogP contribution in [0.1, 0.15) is 0 Å². The Labute approximate surface area is 63.2 Å². The molecular formula is C5H6BNO4. The van der Waals surface area contributed by atoms with E-state index in [1.54, 1.807) is 18.3 Å². The first-order valence-electron chi connectivity index (χ1n) is 2.89. The molecule has 0 radical (unpaired) electrons. The van der Waals surface area contributed by atoms with E-state index in [2.05, 4.69) is 14.6 Å². The number of nitrogens with zero attached hydrogens (tertiary/aromatic N) is 1. The van der Waals surface area contributed by atoms with E-state index in [9.17, 15) is 0 Å². The highest BCUT2D eigenvalue weighted by molar-refractivity contribution is 6.60. The molecule has 0 saturated heterocycles. The zero-order chi connectivity index (χ0) is 8.10. The Morgan fingerprint density at radius 2 is 2.09 bits per heavy atom. The molecule has 1 rings (SSSR count). The van der Waals surface area contributed by atoms with Crippen LogP contribution in [-0.2, 0) is 9.61 Å². The predicted octanol–water partition coefficient (Wildman–Crippen LogP) is -0.244. The summed E-state index contributed by atoms with van der Waals surface area (Å²) in [5.41, 5.74) is 0.428. The molecule has 0 aliphatic heterocycles. The van der Waals surface area contributed by atoms with Crippen molar-refractivity contribution in [1.82, 2.24) is 4.98 Å². The molecule has 0 saturated carbocycles. The maximum absolute atomic E-state index is 8.17. The summed E-state index contributed by atoms with van der Waals surface area (Å²) in [5.74, 6) is 0. The first-order valence-corrected chi connectivity index (χ1v) is 2.89. The molecular weight excluding hydrogens is 149 g/mol. The van der Waals surface area contributed by atoms with Crippen molar-refractivity contribution in [2.45, 2.75) is 0 Å². The number of hydrogen-bond acceptors (Lipinski definition) is 5. The van der Waals surface area contributed by atoms with Crippen molar-refractivity contribution in [1.29, 1.82) is 0 Å². The molecule has 1 heterocycles. The smallest absolute Gasteiger partial charge is 0.265 e. The standard InChI is InChI=1S/C5H6BNO4/c8-10-6(11-9)5-2-1-3-7-4-5/h1-4,8-9H. The van der Waals surface area contributed by atoms with Crippen LogP contribution in [0.15, 0.2) is 24.5 Å².